The third-order valence-electron chi connectivity index (χ3n) is 0. The van der Waals surface area contributed by atoms with E-state index in [9.17, 15) is 0 Å². The molecule has 0 rings (SSSR count). The van der Waals surface area contributed by atoms with Crippen LogP contribution in [-0.2, 0) is 23.5 Å². The van der Waals surface area contributed by atoms with Gasteiger partial charge in [0.1, 0.15) is 0 Å². The van der Waals surface area contributed by atoms with Crippen LogP contribution < -0.4 is 0 Å². The van der Waals surface area contributed by atoms with Crippen LogP contribution in [0.3, 0.4) is 0 Å². The van der Waals surface area contributed by atoms with E-state index in [0.29, 0.717) is 0 Å². The Balaban J connectivity index is 0. The topological polar surface area (TPSA) is 115 Å². The van der Waals surface area contributed by atoms with Crippen molar-refractivity contribution in [3.63, 3.8) is 0 Å². The monoisotopic (exact) mass is 198 g/mol. The van der Waals surface area contributed by atoms with E-state index in [0.717, 1.165) is 0 Å². The van der Waals surface area contributed by atoms with Crippen molar-refractivity contribution < 1.29 is 41.6 Å². The molecule has 0 bridgehead atoms. The molecule has 7 heteroatoms. The van der Waals surface area contributed by atoms with Gasteiger partial charge in [0.2, 0.25) is 0 Å². The number of hydrogen-bond acceptors (Lipinski definition) is 4. The van der Waals surface area contributed by atoms with Crippen molar-refractivity contribution in [1.82, 2.24) is 0 Å². The molecule has 0 fully saturated rings. The second-order valence-corrected chi connectivity index (χ2v) is 2.65. The SMILES string of the molecule is OO.[O]=[Mo](=[O])([OH])[OH]. The van der Waals surface area contributed by atoms with Crippen molar-refractivity contribution in [3.05, 3.63) is 0 Å². The molecule has 0 aliphatic carbocycles. The summed E-state index contributed by atoms with van der Waals surface area (Å²) in [5, 5.41) is 12.0. The average Bonchev–Trinajstić information content (AvgIpc) is 1.36. The molecule has 0 spiro atoms. The fraction of sp³-hybridized carbons (Fsp3) is 0. The summed E-state index contributed by atoms with van der Waals surface area (Å²) in [4.78, 5) is 0. The first-order chi connectivity index (χ1) is 3.00. The molecule has 0 saturated carbocycles. The van der Waals surface area contributed by atoms with Gasteiger partial charge >= 0.3 is 31.1 Å². The molecule has 46 valence electrons. The Bertz CT molecular complexity index is 87.3. The van der Waals surface area contributed by atoms with E-state index in [2.05, 4.69) is 0 Å². The summed E-state index contributed by atoms with van der Waals surface area (Å²) in [7, 11) is 0. The second kappa shape index (κ2) is 4.29. The molecular weight excluding hydrogens is 192 g/mol. The molecule has 0 heterocycles. The van der Waals surface area contributed by atoms with Gasteiger partial charge in [-0.05, 0) is 0 Å². The zero-order chi connectivity index (χ0) is 6.50. The Morgan fingerprint density at radius 1 is 1.00 bits per heavy atom. The fourth-order valence-corrected chi connectivity index (χ4v) is 0. The molecule has 6 nitrogen and oxygen atoms in total. The summed E-state index contributed by atoms with van der Waals surface area (Å²) < 4.78 is 32.0. The van der Waals surface area contributed by atoms with Crippen molar-refractivity contribution in [2.75, 3.05) is 0 Å². The van der Waals surface area contributed by atoms with Crippen LogP contribution in [0.1, 0.15) is 0 Å². The van der Waals surface area contributed by atoms with Gasteiger partial charge < -0.3 is 0 Å². The van der Waals surface area contributed by atoms with E-state index in [1.54, 1.807) is 0 Å². The third-order valence-corrected chi connectivity index (χ3v) is 0. The van der Waals surface area contributed by atoms with Gasteiger partial charge in [-0.1, -0.05) is 0 Å². The minimum absolute atomic E-state index is 5.52. The predicted molar refractivity (Wildman–Crippen MR) is 11.1 cm³/mol. The zero-order valence-corrected chi connectivity index (χ0v) is 5.02. The molecule has 7 heavy (non-hydrogen) atoms. The van der Waals surface area contributed by atoms with Crippen LogP contribution in [0.4, 0.5) is 0 Å². The Labute approximate surface area is 42.3 Å². The summed E-state index contributed by atoms with van der Waals surface area (Å²) >= 11 is -5.52. The standard InChI is InChI=1S/Mo.H2O2.2H2O.2O/c;1-2;;;;/h;1-2H;2*1H2;;/q+2;;;;;/p-2. The Morgan fingerprint density at radius 3 is 1.00 bits per heavy atom. The van der Waals surface area contributed by atoms with E-state index in [1.807, 2.05) is 0 Å². The maximum atomic E-state index is 8.85. The van der Waals surface area contributed by atoms with Crippen LogP contribution in [0.15, 0.2) is 0 Å². The normalized spacial score (nSPS) is 9.14. The van der Waals surface area contributed by atoms with Crippen LogP contribution in [0, 0.1) is 0 Å². The minimum atomic E-state index is -5.52. The van der Waals surface area contributed by atoms with Crippen molar-refractivity contribution in [2.24, 2.45) is 0 Å². The molecule has 0 saturated heterocycles. The number of rotatable bonds is 0. The Morgan fingerprint density at radius 2 is 1.00 bits per heavy atom. The van der Waals surface area contributed by atoms with Gasteiger partial charge in [0.15, 0.2) is 0 Å². The molecule has 0 aromatic heterocycles. The van der Waals surface area contributed by atoms with Crippen molar-refractivity contribution >= 4 is 0 Å². The van der Waals surface area contributed by atoms with Gasteiger partial charge in [-0.15, -0.1) is 0 Å². The van der Waals surface area contributed by atoms with Crippen LogP contribution in [0.2, 0.25) is 0 Å². The number of hydrogen-bond donors (Lipinski definition) is 4. The van der Waals surface area contributed by atoms with Crippen molar-refractivity contribution in [2.45, 2.75) is 0 Å². The Kier molecular flexibility index (Phi) is 6.24. The molecule has 0 aliphatic rings. The molecule has 0 radical (unpaired) electrons. The molecule has 0 aromatic carbocycles. The predicted octanol–water partition coefficient (Wildman–Crippen LogP) is -1.34. The van der Waals surface area contributed by atoms with E-state index in [1.165, 1.54) is 0 Å². The Hall–Kier alpha value is 0.128. The molecule has 0 amide bonds. The van der Waals surface area contributed by atoms with Gasteiger partial charge in [-0.25, -0.2) is 0 Å². The van der Waals surface area contributed by atoms with Crippen LogP contribution in [0.25, 0.3) is 0 Å². The molecule has 0 aromatic rings. The summed E-state index contributed by atoms with van der Waals surface area (Å²) in [6, 6.07) is 0. The van der Waals surface area contributed by atoms with E-state index < -0.39 is 16.7 Å². The van der Waals surface area contributed by atoms with Gasteiger partial charge in [-0.3, -0.25) is 10.5 Å². The van der Waals surface area contributed by atoms with Gasteiger partial charge in [-0.2, -0.15) is 0 Å². The summed E-state index contributed by atoms with van der Waals surface area (Å²) in [6.45, 7) is 0. The third kappa shape index (κ3) is 6340. The molecule has 4 N–H and O–H groups in total. The van der Waals surface area contributed by atoms with Gasteiger partial charge in [0.25, 0.3) is 0 Å². The maximum absolute atomic E-state index is 8.85. The summed E-state index contributed by atoms with van der Waals surface area (Å²) in [6.07, 6.45) is 0. The molecule has 0 aliphatic heterocycles. The van der Waals surface area contributed by atoms with Crippen LogP contribution >= 0.6 is 0 Å². The molecule has 0 atom stereocenters. The average molecular weight is 196 g/mol. The molecular formula is H4MoO6. The van der Waals surface area contributed by atoms with Crippen LogP contribution in [-0.4, -0.2) is 18.0 Å². The quantitative estimate of drug-likeness (QED) is 0.216. The van der Waals surface area contributed by atoms with Crippen LogP contribution in [0.5, 0.6) is 0 Å². The first kappa shape index (κ1) is 10.2. The van der Waals surface area contributed by atoms with E-state index >= 15 is 0 Å². The van der Waals surface area contributed by atoms with E-state index in [-0.39, 0.29) is 0 Å². The summed E-state index contributed by atoms with van der Waals surface area (Å²) in [5.74, 6) is 0. The zero-order valence-electron chi connectivity index (χ0n) is 3.01. The van der Waals surface area contributed by atoms with Crippen molar-refractivity contribution in [3.8, 4) is 0 Å². The van der Waals surface area contributed by atoms with E-state index in [4.69, 9.17) is 24.8 Å². The molecule has 0 unspecified atom stereocenters. The first-order valence-electron chi connectivity index (χ1n) is 0.898. The second-order valence-electron chi connectivity index (χ2n) is 0.448. The fourth-order valence-electron chi connectivity index (χ4n) is 0. The van der Waals surface area contributed by atoms with Gasteiger partial charge in [0, 0.05) is 0 Å². The first-order valence-corrected chi connectivity index (χ1v) is 4.33. The summed E-state index contributed by atoms with van der Waals surface area (Å²) in [5.41, 5.74) is 0. The van der Waals surface area contributed by atoms with Gasteiger partial charge in [0.05, 0.1) is 0 Å². The van der Waals surface area contributed by atoms with Crippen molar-refractivity contribution in [1.29, 1.82) is 0 Å².